The number of nitrogens with zero attached hydrogens (tertiary/aromatic N) is 1. The number of hydrogen-bond donors (Lipinski definition) is 1. The summed E-state index contributed by atoms with van der Waals surface area (Å²) >= 11 is 0. The van der Waals surface area contributed by atoms with Crippen LogP contribution in [0.3, 0.4) is 0 Å². The zero-order chi connectivity index (χ0) is 13.3. The van der Waals surface area contributed by atoms with Gasteiger partial charge in [0.15, 0.2) is 0 Å². The zero-order valence-corrected chi connectivity index (χ0v) is 10.9. The number of carboxylic acids is 1. The van der Waals surface area contributed by atoms with Crippen molar-refractivity contribution in [3.8, 4) is 0 Å². The first-order valence-electron chi connectivity index (χ1n) is 5.97. The number of carbonyl (C=O) groups is 1. The zero-order valence-electron chi connectivity index (χ0n) is 10.9. The Morgan fingerprint density at radius 1 is 1.33 bits per heavy atom. The molecule has 0 saturated heterocycles. The van der Waals surface area contributed by atoms with E-state index < -0.39 is 11.4 Å². The van der Waals surface area contributed by atoms with Gasteiger partial charge in [-0.15, -0.1) is 0 Å². The Labute approximate surface area is 106 Å². The molecule has 0 bridgehead atoms. The summed E-state index contributed by atoms with van der Waals surface area (Å²) in [5.74, 6) is -0.773. The van der Waals surface area contributed by atoms with Gasteiger partial charge in [-0.2, -0.15) is 0 Å². The summed E-state index contributed by atoms with van der Waals surface area (Å²) in [7, 11) is 0. The SMILES string of the molecule is Cc1cnc2ccc(CC(C)(C)C(=O)O)cc2c1. The summed E-state index contributed by atoms with van der Waals surface area (Å²) in [5.41, 5.74) is 2.34. The van der Waals surface area contributed by atoms with E-state index in [1.807, 2.05) is 31.3 Å². The Hall–Kier alpha value is -1.90. The second kappa shape index (κ2) is 4.41. The van der Waals surface area contributed by atoms with Gasteiger partial charge in [0.05, 0.1) is 10.9 Å². The van der Waals surface area contributed by atoms with Crippen LogP contribution < -0.4 is 0 Å². The molecule has 0 unspecified atom stereocenters. The first-order chi connectivity index (χ1) is 8.38. The molecule has 1 aromatic heterocycles. The van der Waals surface area contributed by atoms with Crippen LogP contribution in [0.1, 0.15) is 25.0 Å². The van der Waals surface area contributed by atoms with Crippen molar-refractivity contribution in [2.45, 2.75) is 27.2 Å². The smallest absolute Gasteiger partial charge is 0.309 e. The maximum Gasteiger partial charge on any atom is 0.309 e. The molecule has 2 rings (SSSR count). The lowest BCUT2D eigenvalue weighted by molar-refractivity contribution is -0.146. The van der Waals surface area contributed by atoms with Gasteiger partial charge in [0.25, 0.3) is 0 Å². The second-order valence-electron chi connectivity index (χ2n) is 5.41. The topological polar surface area (TPSA) is 50.2 Å². The molecule has 1 aromatic carbocycles. The molecule has 94 valence electrons. The molecule has 1 N–H and O–H groups in total. The van der Waals surface area contributed by atoms with Crippen molar-refractivity contribution in [3.63, 3.8) is 0 Å². The maximum atomic E-state index is 11.1. The highest BCUT2D eigenvalue weighted by molar-refractivity contribution is 5.80. The van der Waals surface area contributed by atoms with Crippen LogP contribution in [0.25, 0.3) is 10.9 Å². The van der Waals surface area contributed by atoms with Gasteiger partial charge in [0.2, 0.25) is 0 Å². The van der Waals surface area contributed by atoms with E-state index >= 15 is 0 Å². The largest absolute Gasteiger partial charge is 0.481 e. The van der Waals surface area contributed by atoms with Gasteiger partial charge in [-0.25, -0.2) is 0 Å². The minimum atomic E-state index is -0.773. The van der Waals surface area contributed by atoms with Crippen molar-refractivity contribution in [3.05, 3.63) is 41.6 Å². The standard InChI is InChI=1S/C15H17NO2/c1-10-6-12-7-11(4-5-13(12)16-9-10)8-15(2,3)14(17)18/h4-7,9H,8H2,1-3H3,(H,17,18). The molecule has 1 heterocycles. The molecule has 0 saturated carbocycles. The van der Waals surface area contributed by atoms with Crippen LogP contribution in [0.15, 0.2) is 30.5 Å². The first-order valence-corrected chi connectivity index (χ1v) is 5.97. The highest BCUT2D eigenvalue weighted by Gasteiger charge is 2.27. The lowest BCUT2D eigenvalue weighted by Gasteiger charge is -2.19. The van der Waals surface area contributed by atoms with Crippen molar-refractivity contribution in [1.82, 2.24) is 4.98 Å². The van der Waals surface area contributed by atoms with Gasteiger partial charge in [-0.05, 0) is 56.5 Å². The summed E-state index contributed by atoms with van der Waals surface area (Å²) in [4.78, 5) is 15.5. The number of pyridine rings is 1. The molecule has 0 radical (unpaired) electrons. The summed E-state index contributed by atoms with van der Waals surface area (Å²) in [6.45, 7) is 5.49. The van der Waals surface area contributed by atoms with E-state index in [-0.39, 0.29) is 0 Å². The number of aryl methyl sites for hydroxylation is 1. The van der Waals surface area contributed by atoms with Crippen LogP contribution in [0.2, 0.25) is 0 Å². The third-order valence-corrected chi connectivity index (χ3v) is 3.11. The summed E-state index contributed by atoms with van der Waals surface area (Å²) in [6.07, 6.45) is 2.36. The molecule has 3 nitrogen and oxygen atoms in total. The fourth-order valence-electron chi connectivity index (χ4n) is 1.99. The van der Waals surface area contributed by atoms with Crippen LogP contribution in [0.4, 0.5) is 0 Å². The Balaban J connectivity index is 2.38. The van der Waals surface area contributed by atoms with Gasteiger partial charge < -0.3 is 5.11 Å². The van der Waals surface area contributed by atoms with E-state index in [1.165, 1.54) is 0 Å². The lowest BCUT2D eigenvalue weighted by Crippen LogP contribution is -2.26. The van der Waals surface area contributed by atoms with Crippen LogP contribution in [0.5, 0.6) is 0 Å². The fourth-order valence-corrected chi connectivity index (χ4v) is 1.99. The molecule has 2 aromatic rings. The number of fused-ring (bicyclic) bond motifs is 1. The Kier molecular flexibility index (Phi) is 3.07. The molecule has 18 heavy (non-hydrogen) atoms. The number of aromatic nitrogens is 1. The molecule has 0 aliphatic carbocycles. The number of carboxylic acid groups (broad SMARTS) is 1. The van der Waals surface area contributed by atoms with Gasteiger partial charge in [-0.1, -0.05) is 6.07 Å². The highest BCUT2D eigenvalue weighted by Crippen LogP contribution is 2.24. The average molecular weight is 243 g/mol. The normalized spacial score (nSPS) is 11.7. The molecule has 0 fully saturated rings. The van der Waals surface area contributed by atoms with Crippen molar-refractivity contribution >= 4 is 16.9 Å². The van der Waals surface area contributed by atoms with Gasteiger partial charge >= 0.3 is 5.97 Å². The van der Waals surface area contributed by atoms with Crippen molar-refractivity contribution < 1.29 is 9.90 Å². The average Bonchev–Trinajstić information content (AvgIpc) is 2.27. The predicted octanol–water partition coefficient (Wildman–Crippen LogP) is 3.20. The van der Waals surface area contributed by atoms with Crippen molar-refractivity contribution in [1.29, 1.82) is 0 Å². The van der Waals surface area contributed by atoms with E-state index in [9.17, 15) is 4.79 Å². The fraction of sp³-hybridized carbons (Fsp3) is 0.333. The van der Waals surface area contributed by atoms with Crippen LogP contribution >= 0.6 is 0 Å². The number of benzene rings is 1. The predicted molar refractivity (Wildman–Crippen MR) is 71.6 cm³/mol. The third-order valence-electron chi connectivity index (χ3n) is 3.11. The van der Waals surface area contributed by atoms with Crippen LogP contribution in [-0.2, 0) is 11.2 Å². The van der Waals surface area contributed by atoms with Crippen molar-refractivity contribution in [2.24, 2.45) is 5.41 Å². The molecule has 0 atom stereocenters. The van der Waals surface area contributed by atoms with E-state index in [1.54, 1.807) is 13.8 Å². The second-order valence-corrected chi connectivity index (χ2v) is 5.41. The molecular weight excluding hydrogens is 226 g/mol. The Bertz CT molecular complexity index is 602. The van der Waals surface area contributed by atoms with Crippen LogP contribution in [-0.4, -0.2) is 16.1 Å². The molecule has 3 heteroatoms. The minimum Gasteiger partial charge on any atom is -0.481 e. The highest BCUT2D eigenvalue weighted by atomic mass is 16.4. The van der Waals surface area contributed by atoms with Gasteiger partial charge in [0.1, 0.15) is 0 Å². The number of rotatable bonds is 3. The Morgan fingerprint density at radius 2 is 2.06 bits per heavy atom. The summed E-state index contributed by atoms with van der Waals surface area (Å²) in [6, 6.07) is 8.00. The minimum absolute atomic E-state index is 0.520. The summed E-state index contributed by atoms with van der Waals surface area (Å²) < 4.78 is 0. The molecular formula is C15H17NO2. The number of aliphatic carboxylic acids is 1. The van der Waals surface area contributed by atoms with Gasteiger partial charge in [-0.3, -0.25) is 9.78 Å². The quantitative estimate of drug-likeness (QED) is 0.900. The molecule has 0 aliphatic heterocycles. The monoisotopic (exact) mass is 243 g/mol. The molecule has 0 amide bonds. The Morgan fingerprint density at radius 3 is 2.72 bits per heavy atom. The maximum absolute atomic E-state index is 11.1. The molecule has 0 spiro atoms. The van der Waals surface area contributed by atoms with E-state index in [0.29, 0.717) is 6.42 Å². The van der Waals surface area contributed by atoms with Gasteiger partial charge in [0, 0.05) is 11.6 Å². The third kappa shape index (κ3) is 2.50. The van der Waals surface area contributed by atoms with Crippen molar-refractivity contribution in [2.75, 3.05) is 0 Å². The lowest BCUT2D eigenvalue weighted by atomic mass is 9.85. The van der Waals surface area contributed by atoms with E-state index in [0.717, 1.165) is 22.0 Å². The number of hydrogen-bond acceptors (Lipinski definition) is 2. The summed E-state index contributed by atoms with van der Waals surface area (Å²) in [5, 5.41) is 10.2. The first kappa shape index (κ1) is 12.6. The van der Waals surface area contributed by atoms with E-state index in [2.05, 4.69) is 11.1 Å². The van der Waals surface area contributed by atoms with E-state index in [4.69, 9.17) is 5.11 Å². The molecule has 0 aliphatic rings. The van der Waals surface area contributed by atoms with Crippen LogP contribution in [0, 0.1) is 12.3 Å².